The van der Waals surface area contributed by atoms with Gasteiger partial charge in [-0.15, -0.1) is 0 Å². The summed E-state index contributed by atoms with van der Waals surface area (Å²) in [7, 11) is 0. The van der Waals surface area contributed by atoms with Gasteiger partial charge in [0.15, 0.2) is 0 Å². The number of rotatable bonds is 2. The molecule has 0 aromatic carbocycles. The van der Waals surface area contributed by atoms with Crippen molar-refractivity contribution in [3.63, 3.8) is 0 Å². The molecule has 0 spiro atoms. The first kappa shape index (κ1) is 12.1. The zero-order valence-electron chi connectivity index (χ0n) is 9.41. The van der Waals surface area contributed by atoms with E-state index in [0.29, 0.717) is 12.4 Å². The van der Waals surface area contributed by atoms with Crippen molar-refractivity contribution in [2.75, 3.05) is 12.3 Å². The molecule has 0 amide bonds. The Hall–Kier alpha value is -2.02. The first-order valence-corrected chi connectivity index (χ1v) is 5.01. The van der Waals surface area contributed by atoms with Crippen molar-refractivity contribution >= 4 is 11.8 Å². The van der Waals surface area contributed by atoms with Crippen LogP contribution in [-0.4, -0.2) is 17.6 Å². The van der Waals surface area contributed by atoms with Crippen LogP contribution in [0.25, 0.3) is 0 Å². The molecular weight excluding hydrogens is 204 g/mol. The lowest BCUT2D eigenvalue weighted by molar-refractivity contribution is -0.141. The smallest absolute Gasteiger partial charge is 0.317 e. The predicted octanol–water partition coefficient (Wildman–Crippen LogP) is 1.28. The summed E-state index contributed by atoms with van der Waals surface area (Å²) in [6, 6.07) is 3.47. The van der Waals surface area contributed by atoms with Gasteiger partial charge in [0.25, 0.3) is 0 Å². The molecule has 0 saturated carbocycles. The maximum absolute atomic E-state index is 11.0. The molecule has 1 aromatic rings. The average molecular weight is 218 g/mol. The molecule has 0 aliphatic heterocycles. The minimum atomic E-state index is -0.309. The molecule has 4 nitrogen and oxygen atoms in total. The van der Waals surface area contributed by atoms with Crippen molar-refractivity contribution in [1.29, 1.82) is 0 Å². The highest BCUT2D eigenvalue weighted by Crippen LogP contribution is 2.06. The molecule has 0 bridgehead atoms. The second-order valence-electron chi connectivity index (χ2n) is 3.15. The number of nitrogens with zero attached hydrogens (tertiary/aromatic N) is 1. The first-order valence-electron chi connectivity index (χ1n) is 5.01. The molecule has 0 radical (unpaired) electrons. The number of hydrogen-bond acceptors (Lipinski definition) is 4. The first-order chi connectivity index (χ1) is 7.63. The Balaban J connectivity index is 2.66. The number of ether oxygens (including phenoxy) is 1. The van der Waals surface area contributed by atoms with Crippen LogP contribution in [0.5, 0.6) is 0 Å². The molecule has 0 unspecified atom stereocenters. The third kappa shape index (κ3) is 3.62. The highest BCUT2D eigenvalue weighted by molar-refractivity contribution is 5.72. The van der Waals surface area contributed by atoms with Crippen LogP contribution in [-0.2, 0) is 9.53 Å². The third-order valence-electron chi connectivity index (χ3n) is 1.87. The standard InChI is InChI=1S/C12H14N2O2/c1-3-16-12(15)6-4-5-10-7-8-11(13)14-9(10)2/h7-8H,3,6H2,1-2H3,(H2,13,14). The lowest BCUT2D eigenvalue weighted by Gasteiger charge is -1.98. The molecule has 4 heteroatoms. The van der Waals surface area contributed by atoms with Crippen molar-refractivity contribution in [3.05, 3.63) is 23.4 Å². The van der Waals surface area contributed by atoms with Crippen LogP contribution in [0.1, 0.15) is 24.6 Å². The Bertz CT molecular complexity index is 444. The third-order valence-corrected chi connectivity index (χ3v) is 1.87. The molecule has 84 valence electrons. The normalized spacial score (nSPS) is 9.12. The van der Waals surface area contributed by atoms with E-state index in [1.165, 1.54) is 0 Å². The molecule has 0 aliphatic rings. The van der Waals surface area contributed by atoms with Gasteiger partial charge >= 0.3 is 5.97 Å². The summed E-state index contributed by atoms with van der Waals surface area (Å²) in [6.07, 6.45) is 0.0949. The number of carbonyl (C=O) groups excluding carboxylic acids is 1. The molecule has 0 aliphatic carbocycles. The zero-order valence-corrected chi connectivity index (χ0v) is 9.41. The van der Waals surface area contributed by atoms with Crippen LogP contribution >= 0.6 is 0 Å². The minimum Gasteiger partial charge on any atom is -0.465 e. The van der Waals surface area contributed by atoms with Crippen LogP contribution in [0.2, 0.25) is 0 Å². The van der Waals surface area contributed by atoms with E-state index in [-0.39, 0.29) is 12.4 Å². The van der Waals surface area contributed by atoms with E-state index >= 15 is 0 Å². The van der Waals surface area contributed by atoms with Crippen molar-refractivity contribution in [2.45, 2.75) is 20.3 Å². The molecule has 16 heavy (non-hydrogen) atoms. The largest absolute Gasteiger partial charge is 0.465 e. The Morgan fingerprint density at radius 2 is 2.31 bits per heavy atom. The average Bonchev–Trinajstić information content (AvgIpc) is 2.22. The molecule has 0 atom stereocenters. The Labute approximate surface area is 94.8 Å². The van der Waals surface area contributed by atoms with Crippen molar-refractivity contribution in [1.82, 2.24) is 4.98 Å². The summed E-state index contributed by atoms with van der Waals surface area (Å²) in [5.74, 6) is 5.76. The summed E-state index contributed by atoms with van der Waals surface area (Å²) in [5.41, 5.74) is 7.05. The summed E-state index contributed by atoms with van der Waals surface area (Å²) >= 11 is 0. The number of anilines is 1. The number of nitrogen functional groups attached to an aromatic ring is 1. The van der Waals surface area contributed by atoms with E-state index in [4.69, 9.17) is 10.5 Å². The molecule has 2 N–H and O–H groups in total. The number of aromatic nitrogens is 1. The van der Waals surface area contributed by atoms with Crippen molar-refractivity contribution in [2.24, 2.45) is 0 Å². The van der Waals surface area contributed by atoms with Gasteiger partial charge in [0, 0.05) is 5.56 Å². The maximum Gasteiger partial charge on any atom is 0.317 e. The highest BCUT2D eigenvalue weighted by Gasteiger charge is 1.98. The molecule has 1 heterocycles. The van der Waals surface area contributed by atoms with E-state index < -0.39 is 0 Å². The Morgan fingerprint density at radius 3 is 2.94 bits per heavy atom. The van der Waals surface area contributed by atoms with Gasteiger partial charge in [0.1, 0.15) is 12.2 Å². The van der Waals surface area contributed by atoms with E-state index in [2.05, 4.69) is 16.8 Å². The number of carbonyl (C=O) groups is 1. The van der Waals surface area contributed by atoms with Crippen molar-refractivity contribution < 1.29 is 9.53 Å². The number of pyridine rings is 1. The molecule has 1 aromatic heterocycles. The quantitative estimate of drug-likeness (QED) is 0.599. The topological polar surface area (TPSA) is 65.2 Å². The Morgan fingerprint density at radius 1 is 1.56 bits per heavy atom. The number of aryl methyl sites for hydroxylation is 1. The lowest BCUT2D eigenvalue weighted by Crippen LogP contribution is -2.01. The van der Waals surface area contributed by atoms with Crippen LogP contribution < -0.4 is 5.73 Å². The molecule has 0 fully saturated rings. The van der Waals surface area contributed by atoms with Gasteiger partial charge in [-0.2, -0.15) is 0 Å². The summed E-state index contributed by atoms with van der Waals surface area (Å²) in [6.45, 7) is 3.97. The number of hydrogen-bond donors (Lipinski definition) is 1. The molecular formula is C12H14N2O2. The van der Waals surface area contributed by atoms with Crippen LogP contribution in [0.15, 0.2) is 12.1 Å². The SMILES string of the molecule is CCOC(=O)CC#Cc1ccc(N)nc1C. The van der Waals surface area contributed by atoms with E-state index in [1.807, 2.05) is 6.92 Å². The van der Waals surface area contributed by atoms with Gasteiger partial charge in [-0.3, -0.25) is 4.79 Å². The van der Waals surface area contributed by atoms with Crippen LogP contribution in [0, 0.1) is 18.8 Å². The van der Waals surface area contributed by atoms with Crippen LogP contribution in [0.4, 0.5) is 5.82 Å². The maximum atomic E-state index is 11.0. The highest BCUT2D eigenvalue weighted by atomic mass is 16.5. The van der Waals surface area contributed by atoms with Gasteiger partial charge in [0.2, 0.25) is 0 Å². The van der Waals surface area contributed by atoms with Gasteiger partial charge < -0.3 is 10.5 Å². The van der Waals surface area contributed by atoms with E-state index in [9.17, 15) is 4.79 Å². The lowest BCUT2D eigenvalue weighted by atomic mass is 10.2. The predicted molar refractivity (Wildman–Crippen MR) is 61.5 cm³/mol. The van der Waals surface area contributed by atoms with Gasteiger partial charge in [0.05, 0.1) is 12.3 Å². The van der Waals surface area contributed by atoms with Gasteiger partial charge in [-0.05, 0) is 26.0 Å². The second-order valence-corrected chi connectivity index (χ2v) is 3.15. The van der Waals surface area contributed by atoms with Crippen molar-refractivity contribution in [3.8, 4) is 11.8 Å². The summed E-state index contributed by atoms with van der Waals surface area (Å²) in [5, 5.41) is 0. The van der Waals surface area contributed by atoms with E-state index in [1.54, 1.807) is 19.1 Å². The summed E-state index contributed by atoms with van der Waals surface area (Å²) in [4.78, 5) is 15.1. The number of nitrogens with two attached hydrogens (primary N) is 1. The van der Waals surface area contributed by atoms with E-state index in [0.717, 1.165) is 11.3 Å². The fourth-order valence-corrected chi connectivity index (χ4v) is 1.14. The molecule has 0 saturated heterocycles. The summed E-state index contributed by atoms with van der Waals surface area (Å²) < 4.78 is 4.75. The monoisotopic (exact) mass is 218 g/mol. The second kappa shape index (κ2) is 5.76. The zero-order chi connectivity index (χ0) is 12.0. The molecule has 1 rings (SSSR count). The minimum absolute atomic E-state index is 0.0949. The fraction of sp³-hybridized carbons (Fsp3) is 0.333. The van der Waals surface area contributed by atoms with Gasteiger partial charge in [-0.1, -0.05) is 11.8 Å². The fourth-order valence-electron chi connectivity index (χ4n) is 1.14. The van der Waals surface area contributed by atoms with Gasteiger partial charge in [-0.25, -0.2) is 4.98 Å². The number of esters is 1. The van der Waals surface area contributed by atoms with Crippen LogP contribution in [0.3, 0.4) is 0 Å². The Kier molecular flexibility index (Phi) is 4.34.